The van der Waals surface area contributed by atoms with Crippen molar-refractivity contribution in [1.82, 2.24) is 4.57 Å². The van der Waals surface area contributed by atoms with Crippen molar-refractivity contribution < 1.29 is 9.30 Å². The smallest absolute Gasteiger partial charge is 0.391 e. The first-order valence-corrected chi connectivity index (χ1v) is 6.84. The average molecular weight is 259 g/mol. The van der Waals surface area contributed by atoms with E-state index in [2.05, 4.69) is 50.6 Å². The Labute approximate surface area is 115 Å². The summed E-state index contributed by atoms with van der Waals surface area (Å²) in [6.07, 6.45) is 4.07. The molecule has 3 nitrogen and oxygen atoms in total. The van der Waals surface area contributed by atoms with Gasteiger partial charge in [-0.25, -0.2) is 0 Å². The molecule has 0 spiro atoms. The van der Waals surface area contributed by atoms with Crippen molar-refractivity contribution in [2.45, 2.75) is 39.7 Å². The largest absolute Gasteiger partial charge is 0.461 e. The average Bonchev–Trinajstić information content (AvgIpc) is 2.72. The lowest BCUT2D eigenvalue weighted by molar-refractivity contribution is -0.675. The van der Waals surface area contributed by atoms with Crippen LogP contribution in [-0.4, -0.2) is 4.57 Å². The van der Waals surface area contributed by atoms with Crippen molar-refractivity contribution in [2.75, 3.05) is 0 Å². The van der Waals surface area contributed by atoms with E-state index in [1.54, 1.807) is 0 Å². The van der Waals surface area contributed by atoms with Gasteiger partial charge in [0.25, 0.3) is 0 Å². The summed E-state index contributed by atoms with van der Waals surface area (Å²) in [6, 6.07) is 9.48. The van der Waals surface area contributed by atoms with Crippen LogP contribution in [0.25, 0.3) is 0 Å². The fourth-order valence-electron chi connectivity index (χ4n) is 2.15. The summed E-state index contributed by atoms with van der Waals surface area (Å²) in [5.41, 5.74) is 1.24. The summed E-state index contributed by atoms with van der Waals surface area (Å²) in [5, 5.41) is 0. The number of hydrogen-bond donors (Lipinski definition) is 0. The maximum atomic E-state index is 6.16. The molecule has 1 aromatic heterocycles. The minimum atomic E-state index is 0.377. The van der Waals surface area contributed by atoms with Gasteiger partial charge in [0.1, 0.15) is 18.1 Å². The first-order chi connectivity index (χ1) is 9.00. The maximum absolute atomic E-state index is 6.16. The molecular weight excluding hydrogens is 236 g/mol. The second kappa shape index (κ2) is 5.47. The lowest BCUT2D eigenvalue weighted by Crippen LogP contribution is -2.28. The van der Waals surface area contributed by atoms with Crippen LogP contribution in [0.1, 0.15) is 45.2 Å². The molecule has 0 aliphatic rings. The normalized spacial score (nSPS) is 11.3. The molecular formula is C16H23N2O+. The van der Waals surface area contributed by atoms with Crippen LogP contribution >= 0.6 is 0 Å². The molecule has 0 atom stereocenters. The van der Waals surface area contributed by atoms with E-state index in [0.29, 0.717) is 12.0 Å². The first-order valence-electron chi connectivity index (χ1n) is 6.84. The Morgan fingerprint density at radius 2 is 1.79 bits per heavy atom. The molecule has 0 unspecified atom stereocenters. The Morgan fingerprint density at radius 3 is 2.42 bits per heavy atom. The summed E-state index contributed by atoms with van der Waals surface area (Å²) >= 11 is 0. The molecule has 1 heterocycles. The van der Waals surface area contributed by atoms with Crippen LogP contribution in [0.3, 0.4) is 0 Å². The molecule has 102 valence electrons. The van der Waals surface area contributed by atoms with Crippen molar-refractivity contribution in [1.29, 1.82) is 0 Å². The zero-order chi connectivity index (χ0) is 14.0. The van der Waals surface area contributed by atoms with E-state index in [1.807, 2.05) is 29.9 Å². The van der Waals surface area contributed by atoms with Crippen LogP contribution in [0.4, 0.5) is 0 Å². The van der Waals surface area contributed by atoms with Gasteiger partial charge in [0.2, 0.25) is 0 Å². The molecule has 0 fully saturated rings. The fraction of sp³-hybridized carbons (Fsp3) is 0.438. The van der Waals surface area contributed by atoms with E-state index in [0.717, 1.165) is 11.8 Å². The number of rotatable bonds is 4. The summed E-state index contributed by atoms with van der Waals surface area (Å²) in [7, 11) is 2.01. The molecule has 0 saturated heterocycles. The minimum Gasteiger partial charge on any atom is -0.391 e. The van der Waals surface area contributed by atoms with Gasteiger partial charge in [-0.15, -0.1) is 0 Å². The highest BCUT2D eigenvalue weighted by Gasteiger charge is 2.21. The summed E-state index contributed by atoms with van der Waals surface area (Å²) < 4.78 is 10.3. The van der Waals surface area contributed by atoms with Crippen molar-refractivity contribution in [3.8, 4) is 11.8 Å². The Morgan fingerprint density at radius 1 is 1.11 bits per heavy atom. The zero-order valence-corrected chi connectivity index (χ0v) is 12.4. The van der Waals surface area contributed by atoms with Gasteiger partial charge in [0.15, 0.2) is 0 Å². The van der Waals surface area contributed by atoms with Crippen molar-refractivity contribution >= 4 is 0 Å². The number of aromatic nitrogens is 2. The molecule has 0 aliphatic heterocycles. The number of hydrogen-bond acceptors (Lipinski definition) is 1. The van der Waals surface area contributed by atoms with Gasteiger partial charge in [0, 0.05) is 0 Å². The highest BCUT2D eigenvalue weighted by molar-refractivity contribution is 5.36. The molecule has 0 radical (unpaired) electrons. The van der Waals surface area contributed by atoms with E-state index in [4.69, 9.17) is 4.74 Å². The number of ether oxygens (including phenoxy) is 1. The zero-order valence-electron chi connectivity index (χ0n) is 12.4. The van der Waals surface area contributed by atoms with Crippen molar-refractivity contribution in [2.24, 2.45) is 7.05 Å². The lowest BCUT2D eigenvalue weighted by atomic mass is 10.0. The Kier molecular flexibility index (Phi) is 3.93. The summed E-state index contributed by atoms with van der Waals surface area (Å²) in [5.74, 6) is 1.39. The molecule has 0 saturated carbocycles. The number of nitrogens with zero attached hydrogens (tertiary/aromatic N) is 2. The first kappa shape index (κ1) is 13.7. The molecule has 0 amide bonds. The van der Waals surface area contributed by atoms with Crippen LogP contribution < -0.4 is 9.30 Å². The third-order valence-corrected chi connectivity index (χ3v) is 3.27. The number of imidazole rings is 1. The predicted molar refractivity (Wildman–Crippen MR) is 76.6 cm³/mol. The summed E-state index contributed by atoms with van der Waals surface area (Å²) in [6.45, 7) is 8.68. The molecule has 19 heavy (non-hydrogen) atoms. The van der Waals surface area contributed by atoms with E-state index < -0.39 is 0 Å². The van der Waals surface area contributed by atoms with Gasteiger partial charge in [-0.1, -0.05) is 32.0 Å². The third-order valence-electron chi connectivity index (χ3n) is 3.27. The summed E-state index contributed by atoms with van der Waals surface area (Å²) in [4.78, 5) is 0. The second-order valence-electron chi connectivity index (χ2n) is 5.49. The van der Waals surface area contributed by atoms with Gasteiger partial charge >= 0.3 is 6.01 Å². The monoisotopic (exact) mass is 259 g/mol. The van der Waals surface area contributed by atoms with Gasteiger partial charge < -0.3 is 4.74 Å². The Bertz CT molecular complexity index is 556. The van der Waals surface area contributed by atoms with Crippen molar-refractivity contribution in [3.05, 3.63) is 42.2 Å². The highest BCUT2D eigenvalue weighted by atomic mass is 16.5. The molecule has 2 aromatic rings. The molecule has 0 N–H and O–H groups in total. The quantitative estimate of drug-likeness (QED) is 0.764. The lowest BCUT2D eigenvalue weighted by Gasteiger charge is -2.12. The van der Waals surface area contributed by atoms with Crippen LogP contribution in [0.5, 0.6) is 11.8 Å². The highest BCUT2D eigenvalue weighted by Crippen LogP contribution is 2.29. The Balaban J connectivity index is 2.39. The van der Waals surface area contributed by atoms with E-state index in [1.165, 1.54) is 5.56 Å². The maximum Gasteiger partial charge on any atom is 0.461 e. The van der Waals surface area contributed by atoms with Crippen LogP contribution in [0.2, 0.25) is 0 Å². The molecule has 2 rings (SSSR count). The van der Waals surface area contributed by atoms with E-state index >= 15 is 0 Å². The van der Waals surface area contributed by atoms with E-state index in [-0.39, 0.29) is 0 Å². The number of aryl methyl sites for hydroxylation is 1. The van der Waals surface area contributed by atoms with Crippen LogP contribution in [-0.2, 0) is 7.05 Å². The van der Waals surface area contributed by atoms with Gasteiger partial charge in [-0.3, -0.25) is 0 Å². The van der Waals surface area contributed by atoms with Gasteiger partial charge in [0.05, 0.1) is 13.1 Å². The predicted octanol–water partition coefficient (Wildman–Crippen LogP) is 3.81. The second-order valence-corrected chi connectivity index (χ2v) is 5.49. The topological polar surface area (TPSA) is 18.0 Å². The van der Waals surface area contributed by atoms with Gasteiger partial charge in [-0.2, -0.15) is 9.13 Å². The number of para-hydroxylation sites is 1. The minimum absolute atomic E-state index is 0.377. The standard InChI is InChI=1S/C16H23N2O/c1-12(2)14-8-6-7-9-15(14)19-16-17(5)10-11-18(16)13(3)4/h6-13H,1-5H3/q+1. The third kappa shape index (κ3) is 2.80. The number of benzene rings is 1. The molecule has 3 heteroatoms. The molecule has 0 bridgehead atoms. The van der Waals surface area contributed by atoms with Gasteiger partial charge in [-0.05, 0) is 31.4 Å². The molecule has 0 aliphatic carbocycles. The van der Waals surface area contributed by atoms with Crippen molar-refractivity contribution in [3.63, 3.8) is 0 Å². The SMILES string of the molecule is CC(C)c1ccccc1Oc1n(C(C)C)cc[n+]1C. The van der Waals surface area contributed by atoms with Crippen LogP contribution in [0.15, 0.2) is 36.7 Å². The fourth-order valence-corrected chi connectivity index (χ4v) is 2.15. The van der Waals surface area contributed by atoms with Crippen LogP contribution in [0, 0.1) is 0 Å². The Hall–Kier alpha value is -1.77. The van der Waals surface area contributed by atoms with E-state index in [9.17, 15) is 0 Å². The molecule has 1 aromatic carbocycles.